The second-order valence-electron chi connectivity index (χ2n) is 4.52. The lowest BCUT2D eigenvalue weighted by Gasteiger charge is -2.05. The summed E-state index contributed by atoms with van der Waals surface area (Å²) in [5.41, 5.74) is 2.90. The lowest BCUT2D eigenvalue weighted by Crippen LogP contribution is -2.10. The molecule has 0 atom stereocenters. The third-order valence-electron chi connectivity index (χ3n) is 2.87. The summed E-state index contributed by atoms with van der Waals surface area (Å²) in [6.45, 7) is 2.00. The number of amides is 1. The average Bonchev–Trinajstić information content (AvgIpc) is 2.86. The van der Waals surface area contributed by atoms with E-state index >= 15 is 0 Å². The van der Waals surface area contributed by atoms with Gasteiger partial charge in [-0.15, -0.1) is 11.3 Å². The monoisotopic (exact) mass is 352 g/mol. The van der Waals surface area contributed by atoms with Crippen molar-refractivity contribution in [2.75, 3.05) is 10.6 Å². The summed E-state index contributed by atoms with van der Waals surface area (Å²) >= 11 is 5.00. The van der Waals surface area contributed by atoms with Gasteiger partial charge in [0.05, 0.1) is 10.7 Å². The van der Waals surface area contributed by atoms with Gasteiger partial charge in [0.25, 0.3) is 0 Å². The number of aromatic nitrogens is 1. The van der Waals surface area contributed by atoms with Crippen LogP contribution >= 0.6 is 27.3 Å². The number of unbranched alkanes of at least 4 members (excludes halogenated alkanes) is 1. The number of thiazole rings is 1. The Morgan fingerprint density at radius 2 is 2.05 bits per heavy atom. The van der Waals surface area contributed by atoms with Crippen molar-refractivity contribution in [3.63, 3.8) is 0 Å². The van der Waals surface area contributed by atoms with Gasteiger partial charge in [-0.05, 0) is 31.9 Å². The minimum absolute atomic E-state index is 0.0724. The Kier molecular flexibility index (Phi) is 5.73. The molecule has 2 rings (SSSR count). The fourth-order valence-corrected chi connectivity index (χ4v) is 2.84. The molecule has 0 aliphatic heterocycles. The van der Waals surface area contributed by atoms with E-state index in [9.17, 15) is 4.79 Å². The first-order chi connectivity index (χ1) is 9.69. The van der Waals surface area contributed by atoms with Crippen LogP contribution in [0, 0.1) is 6.92 Å². The van der Waals surface area contributed by atoms with Gasteiger partial charge in [-0.2, -0.15) is 0 Å². The molecular weight excluding hydrogens is 336 g/mol. The molecule has 106 valence electrons. The van der Waals surface area contributed by atoms with Crippen LogP contribution in [0.15, 0.2) is 29.6 Å². The van der Waals surface area contributed by atoms with Crippen LogP contribution in [0.25, 0.3) is 11.3 Å². The Bertz CT molecular complexity index is 566. The van der Waals surface area contributed by atoms with Gasteiger partial charge in [0.15, 0.2) is 0 Å². The molecule has 3 nitrogen and oxygen atoms in total. The highest BCUT2D eigenvalue weighted by atomic mass is 79.9. The van der Waals surface area contributed by atoms with Crippen molar-refractivity contribution in [1.82, 2.24) is 4.98 Å². The molecule has 0 saturated heterocycles. The van der Waals surface area contributed by atoms with E-state index in [1.807, 2.05) is 36.6 Å². The van der Waals surface area contributed by atoms with Crippen molar-refractivity contribution in [3.8, 4) is 11.3 Å². The van der Waals surface area contributed by atoms with E-state index in [1.54, 1.807) is 11.3 Å². The maximum Gasteiger partial charge on any atom is 0.224 e. The predicted molar refractivity (Wildman–Crippen MR) is 88.6 cm³/mol. The summed E-state index contributed by atoms with van der Waals surface area (Å²) in [5, 5.41) is 6.96. The Labute approximate surface area is 131 Å². The largest absolute Gasteiger partial charge is 0.326 e. The zero-order valence-electron chi connectivity index (χ0n) is 11.4. The highest BCUT2D eigenvalue weighted by Gasteiger charge is 2.04. The summed E-state index contributed by atoms with van der Waals surface area (Å²) in [6, 6.07) is 7.82. The maximum absolute atomic E-state index is 11.7. The Hall–Kier alpha value is -1.20. The van der Waals surface area contributed by atoms with E-state index in [2.05, 4.69) is 26.2 Å². The SMILES string of the molecule is Cc1nc(-c2ccc(NC(=O)CCCCBr)cc2)cs1. The highest BCUT2D eigenvalue weighted by Crippen LogP contribution is 2.23. The van der Waals surface area contributed by atoms with Crippen molar-refractivity contribution >= 4 is 38.9 Å². The van der Waals surface area contributed by atoms with E-state index in [-0.39, 0.29) is 5.91 Å². The molecule has 0 fully saturated rings. The number of halogens is 1. The number of rotatable bonds is 6. The molecule has 1 aromatic carbocycles. The van der Waals surface area contributed by atoms with Gasteiger partial charge in [0.2, 0.25) is 5.91 Å². The number of hydrogen-bond donors (Lipinski definition) is 1. The van der Waals surface area contributed by atoms with E-state index in [0.717, 1.165) is 40.1 Å². The van der Waals surface area contributed by atoms with E-state index in [0.29, 0.717) is 6.42 Å². The summed E-state index contributed by atoms with van der Waals surface area (Å²) < 4.78 is 0. The fourth-order valence-electron chi connectivity index (χ4n) is 1.82. The molecule has 1 aromatic heterocycles. The number of aryl methyl sites for hydroxylation is 1. The zero-order valence-corrected chi connectivity index (χ0v) is 13.8. The molecule has 0 aliphatic carbocycles. The van der Waals surface area contributed by atoms with Gasteiger partial charge in [-0.25, -0.2) is 4.98 Å². The van der Waals surface area contributed by atoms with Crippen molar-refractivity contribution in [2.45, 2.75) is 26.2 Å². The molecule has 0 aliphatic rings. The molecule has 1 heterocycles. The van der Waals surface area contributed by atoms with Crippen LogP contribution in [0.5, 0.6) is 0 Å². The summed E-state index contributed by atoms with van der Waals surface area (Å²) in [6.07, 6.45) is 2.50. The van der Waals surface area contributed by atoms with Crippen LogP contribution in [-0.2, 0) is 4.79 Å². The van der Waals surface area contributed by atoms with Crippen molar-refractivity contribution in [3.05, 3.63) is 34.7 Å². The van der Waals surface area contributed by atoms with Gasteiger partial charge in [-0.1, -0.05) is 28.1 Å². The average molecular weight is 353 g/mol. The summed E-state index contributed by atoms with van der Waals surface area (Å²) in [7, 11) is 0. The number of carbonyl (C=O) groups is 1. The Morgan fingerprint density at radius 3 is 2.65 bits per heavy atom. The van der Waals surface area contributed by atoms with Gasteiger partial charge >= 0.3 is 0 Å². The fraction of sp³-hybridized carbons (Fsp3) is 0.333. The second kappa shape index (κ2) is 7.55. The Morgan fingerprint density at radius 1 is 1.30 bits per heavy atom. The van der Waals surface area contributed by atoms with Gasteiger partial charge in [0.1, 0.15) is 0 Å². The maximum atomic E-state index is 11.7. The van der Waals surface area contributed by atoms with Crippen LogP contribution in [-0.4, -0.2) is 16.2 Å². The third-order valence-corrected chi connectivity index (χ3v) is 4.21. The normalized spacial score (nSPS) is 10.5. The number of anilines is 1. The lowest BCUT2D eigenvalue weighted by molar-refractivity contribution is -0.116. The van der Waals surface area contributed by atoms with Crippen LogP contribution in [0.4, 0.5) is 5.69 Å². The van der Waals surface area contributed by atoms with Crippen LogP contribution in [0.1, 0.15) is 24.3 Å². The first kappa shape index (κ1) is 15.2. The molecule has 1 N–H and O–H groups in total. The van der Waals surface area contributed by atoms with E-state index < -0.39 is 0 Å². The smallest absolute Gasteiger partial charge is 0.224 e. The van der Waals surface area contributed by atoms with E-state index in [4.69, 9.17) is 0 Å². The lowest BCUT2D eigenvalue weighted by atomic mass is 10.1. The van der Waals surface area contributed by atoms with Gasteiger partial charge in [-0.3, -0.25) is 4.79 Å². The van der Waals surface area contributed by atoms with Gasteiger partial charge in [0, 0.05) is 28.4 Å². The minimum Gasteiger partial charge on any atom is -0.326 e. The molecule has 1 amide bonds. The first-order valence-corrected chi connectivity index (χ1v) is 8.57. The molecule has 20 heavy (non-hydrogen) atoms. The first-order valence-electron chi connectivity index (χ1n) is 6.57. The number of hydrogen-bond acceptors (Lipinski definition) is 3. The zero-order chi connectivity index (χ0) is 14.4. The summed E-state index contributed by atoms with van der Waals surface area (Å²) in [5.74, 6) is 0.0724. The molecule has 0 bridgehead atoms. The molecule has 5 heteroatoms. The number of nitrogens with one attached hydrogen (secondary N) is 1. The van der Waals surface area contributed by atoms with Crippen LogP contribution in [0.3, 0.4) is 0 Å². The number of alkyl halides is 1. The number of carbonyl (C=O) groups excluding carboxylic acids is 1. The van der Waals surface area contributed by atoms with Gasteiger partial charge < -0.3 is 5.32 Å². The van der Waals surface area contributed by atoms with E-state index in [1.165, 1.54) is 0 Å². The van der Waals surface area contributed by atoms with Crippen molar-refractivity contribution in [1.29, 1.82) is 0 Å². The molecule has 0 saturated carbocycles. The topological polar surface area (TPSA) is 42.0 Å². The van der Waals surface area contributed by atoms with Crippen molar-refractivity contribution in [2.24, 2.45) is 0 Å². The molecule has 0 unspecified atom stereocenters. The minimum atomic E-state index is 0.0724. The Balaban J connectivity index is 1.93. The summed E-state index contributed by atoms with van der Waals surface area (Å²) in [4.78, 5) is 16.2. The van der Waals surface area contributed by atoms with Crippen LogP contribution in [0.2, 0.25) is 0 Å². The highest BCUT2D eigenvalue weighted by molar-refractivity contribution is 9.09. The standard InChI is InChI=1S/C15H17BrN2OS/c1-11-17-14(10-20-11)12-5-7-13(8-6-12)18-15(19)4-2-3-9-16/h5-8,10H,2-4,9H2,1H3,(H,18,19). The number of nitrogens with zero attached hydrogens (tertiary/aromatic N) is 1. The van der Waals surface area contributed by atoms with Crippen molar-refractivity contribution < 1.29 is 4.79 Å². The third kappa shape index (κ3) is 4.42. The molecule has 2 aromatic rings. The predicted octanol–water partition coefficient (Wildman–Crippen LogP) is 4.62. The molecule has 0 radical (unpaired) electrons. The second-order valence-corrected chi connectivity index (χ2v) is 6.38. The quantitative estimate of drug-likeness (QED) is 0.608. The molecular formula is C15H17BrN2OS. The van der Waals surface area contributed by atoms with Crippen LogP contribution < -0.4 is 5.32 Å². The number of benzene rings is 1. The molecule has 0 spiro atoms.